The van der Waals surface area contributed by atoms with E-state index in [9.17, 15) is 9.59 Å². The van der Waals surface area contributed by atoms with E-state index >= 15 is 0 Å². The number of aliphatic carboxylic acids is 1. The third-order valence-corrected chi connectivity index (χ3v) is 4.10. The highest BCUT2D eigenvalue weighted by Gasteiger charge is 2.30. The van der Waals surface area contributed by atoms with E-state index in [1.165, 1.54) is 12.8 Å². The normalized spacial score (nSPS) is 24.9. The third-order valence-electron chi connectivity index (χ3n) is 4.10. The molecule has 1 unspecified atom stereocenters. The quantitative estimate of drug-likeness (QED) is 0.659. The number of carbonyl (C=O) groups excluding carboxylic acids is 1. The first kappa shape index (κ1) is 15.1. The van der Waals surface area contributed by atoms with Crippen LogP contribution in [0.3, 0.4) is 0 Å². The molecule has 2 saturated heterocycles. The predicted octanol–water partition coefficient (Wildman–Crippen LogP) is -0.298. The average molecular weight is 285 g/mol. The summed E-state index contributed by atoms with van der Waals surface area (Å²) in [5, 5.41) is 20.4. The van der Waals surface area contributed by atoms with Gasteiger partial charge in [-0.25, -0.2) is 9.59 Å². The maximum atomic E-state index is 12.0. The molecular formula is C13H23N3O4. The van der Waals surface area contributed by atoms with Gasteiger partial charge >= 0.3 is 12.0 Å². The molecular weight excluding hydrogens is 262 g/mol. The van der Waals surface area contributed by atoms with Gasteiger partial charge in [0.05, 0.1) is 0 Å². The number of piperidine rings is 1. The van der Waals surface area contributed by atoms with Crippen molar-refractivity contribution < 1.29 is 19.8 Å². The largest absolute Gasteiger partial charge is 0.479 e. The summed E-state index contributed by atoms with van der Waals surface area (Å²) in [4.78, 5) is 26.7. The fourth-order valence-electron chi connectivity index (χ4n) is 2.89. The number of piperazine rings is 1. The molecule has 0 spiro atoms. The van der Waals surface area contributed by atoms with Gasteiger partial charge in [-0.2, -0.15) is 0 Å². The molecule has 2 rings (SSSR count). The first-order valence-electron chi connectivity index (χ1n) is 7.25. The number of rotatable bonds is 4. The van der Waals surface area contributed by atoms with Gasteiger partial charge in [-0.1, -0.05) is 6.42 Å². The number of hydrogen-bond acceptors (Lipinski definition) is 4. The smallest absolute Gasteiger partial charge is 0.332 e. The molecule has 2 aliphatic heterocycles. The van der Waals surface area contributed by atoms with E-state index in [2.05, 4.69) is 10.2 Å². The van der Waals surface area contributed by atoms with Crippen LogP contribution >= 0.6 is 0 Å². The van der Waals surface area contributed by atoms with Gasteiger partial charge in [0.1, 0.15) is 0 Å². The molecule has 3 N–H and O–H groups in total. The van der Waals surface area contributed by atoms with Crippen molar-refractivity contribution in [2.24, 2.45) is 0 Å². The summed E-state index contributed by atoms with van der Waals surface area (Å²) in [6, 6.07) is 0.306. The number of carboxylic acid groups (broad SMARTS) is 1. The van der Waals surface area contributed by atoms with Crippen molar-refractivity contribution in [1.82, 2.24) is 15.1 Å². The highest BCUT2D eigenvalue weighted by Crippen LogP contribution is 2.20. The summed E-state index contributed by atoms with van der Waals surface area (Å²) in [7, 11) is 0. The van der Waals surface area contributed by atoms with Crippen LogP contribution in [-0.4, -0.2) is 76.9 Å². The van der Waals surface area contributed by atoms with Crippen molar-refractivity contribution >= 4 is 12.0 Å². The van der Waals surface area contributed by atoms with Crippen LogP contribution in [0.4, 0.5) is 4.79 Å². The van der Waals surface area contributed by atoms with Crippen LogP contribution in [0.5, 0.6) is 0 Å². The molecule has 0 saturated carbocycles. The summed E-state index contributed by atoms with van der Waals surface area (Å²) >= 11 is 0. The lowest BCUT2D eigenvalue weighted by Crippen LogP contribution is -2.58. The topological polar surface area (TPSA) is 93.1 Å². The lowest BCUT2D eigenvalue weighted by atomic mass is 10.00. The van der Waals surface area contributed by atoms with Gasteiger partial charge < -0.3 is 20.4 Å². The van der Waals surface area contributed by atoms with Crippen molar-refractivity contribution in [3.8, 4) is 0 Å². The summed E-state index contributed by atoms with van der Waals surface area (Å²) in [6.45, 7) is 3.68. The molecule has 0 aromatic carbocycles. The van der Waals surface area contributed by atoms with E-state index in [0.29, 0.717) is 12.6 Å². The zero-order valence-corrected chi connectivity index (χ0v) is 11.6. The number of urea groups is 1. The maximum Gasteiger partial charge on any atom is 0.332 e. The van der Waals surface area contributed by atoms with E-state index in [0.717, 1.165) is 26.1 Å². The molecule has 7 heteroatoms. The number of nitrogens with zero attached hydrogens (tertiary/aromatic N) is 2. The molecule has 2 aliphatic rings. The molecule has 2 amide bonds. The monoisotopic (exact) mass is 285 g/mol. The molecule has 20 heavy (non-hydrogen) atoms. The lowest BCUT2D eigenvalue weighted by molar-refractivity contribution is -0.146. The molecule has 0 bridgehead atoms. The summed E-state index contributed by atoms with van der Waals surface area (Å²) in [6.07, 6.45) is 2.23. The average Bonchev–Trinajstić information content (AvgIpc) is 2.46. The molecule has 114 valence electrons. The van der Waals surface area contributed by atoms with Gasteiger partial charge in [0.25, 0.3) is 0 Å². The fraction of sp³-hybridized carbons (Fsp3) is 0.846. The SMILES string of the molecule is O=C(O)[C@@H](O)CCNC(=O)N1CCN2CCCCC2C1. The minimum Gasteiger partial charge on any atom is -0.479 e. The number of amides is 2. The van der Waals surface area contributed by atoms with Crippen LogP contribution in [0, 0.1) is 0 Å². The second-order valence-corrected chi connectivity index (χ2v) is 5.51. The number of fused-ring (bicyclic) bond motifs is 1. The molecule has 0 radical (unpaired) electrons. The Bertz CT molecular complexity index is 364. The second-order valence-electron chi connectivity index (χ2n) is 5.51. The molecule has 0 aliphatic carbocycles. The van der Waals surface area contributed by atoms with E-state index in [-0.39, 0.29) is 19.0 Å². The van der Waals surface area contributed by atoms with Crippen molar-refractivity contribution in [1.29, 1.82) is 0 Å². The Labute approximate surface area is 118 Å². The van der Waals surface area contributed by atoms with Crippen molar-refractivity contribution in [3.63, 3.8) is 0 Å². The van der Waals surface area contributed by atoms with Crippen molar-refractivity contribution in [2.75, 3.05) is 32.7 Å². The first-order valence-corrected chi connectivity index (χ1v) is 7.25. The maximum absolute atomic E-state index is 12.0. The van der Waals surface area contributed by atoms with Crippen LogP contribution in [0.1, 0.15) is 25.7 Å². The van der Waals surface area contributed by atoms with Crippen LogP contribution < -0.4 is 5.32 Å². The Morgan fingerprint density at radius 1 is 1.25 bits per heavy atom. The van der Waals surface area contributed by atoms with Gasteiger partial charge in [-0.15, -0.1) is 0 Å². The van der Waals surface area contributed by atoms with Gasteiger partial charge in [-0.3, -0.25) is 4.90 Å². The fourth-order valence-corrected chi connectivity index (χ4v) is 2.89. The van der Waals surface area contributed by atoms with Gasteiger partial charge in [0.15, 0.2) is 6.10 Å². The molecule has 7 nitrogen and oxygen atoms in total. The minimum atomic E-state index is -1.41. The van der Waals surface area contributed by atoms with Crippen LogP contribution in [0.2, 0.25) is 0 Å². The number of nitrogens with one attached hydrogen (secondary N) is 1. The summed E-state index contributed by atoms with van der Waals surface area (Å²) in [5.41, 5.74) is 0. The zero-order chi connectivity index (χ0) is 14.5. The Morgan fingerprint density at radius 2 is 2.05 bits per heavy atom. The van der Waals surface area contributed by atoms with Crippen molar-refractivity contribution in [2.45, 2.75) is 37.8 Å². The number of aliphatic hydroxyl groups excluding tert-OH is 1. The van der Waals surface area contributed by atoms with Gasteiger partial charge in [0.2, 0.25) is 0 Å². The highest BCUT2D eigenvalue weighted by atomic mass is 16.4. The number of carbonyl (C=O) groups is 2. The highest BCUT2D eigenvalue weighted by molar-refractivity contribution is 5.75. The molecule has 0 aromatic heterocycles. The molecule has 2 atom stereocenters. The zero-order valence-electron chi connectivity index (χ0n) is 11.6. The Kier molecular flexibility index (Phi) is 5.19. The standard InChI is InChI=1S/C13H23N3O4/c17-11(12(18)19)4-5-14-13(20)16-8-7-15-6-2-1-3-10(15)9-16/h10-11,17H,1-9H2,(H,14,20)(H,18,19)/t10?,11-/m0/s1. The first-order chi connectivity index (χ1) is 9.58. The second kappa shape index (κ2) is 6.90. The number of hydrogen-bond donors (Lipinski definition) is 3. The third kappa shape index (κ3) is 3.83. The van der Waals surface area contributed by atoms with E-state index < -0.39 is 12.1 Å². The van der Waals surface area contributed by atoms with E-state index in [4.69, 9.17) is 10.2 Å². The minimum absolute atomic E-state index is 0.0322. The van der Waals surface area contributed by atoms with Gasteiger partial charge in [0, 0.05) is 38.6 Å². The lowest BCUT2D eigenvalue weighted by Gasteiger charge is -2.43. The summed E-state index contributed by atoms with van der Waals surface area (Å²) < 4.78 is 0. The van der Waals surface area contributed by atoms with Crippen molar-refractivity contribution in [3.05, 3.63) is 0 Å². The van der Waals surface area contributed by atoms with Crippen LogP contribution in [0.15, 0.2) is 0 Å². The molecule has 2 fully saturated rings. The van der Waals surface area contributed by atoms with E-state index in [1.807, 2.05) is 0 Å². The van der Waals surface area contributed by atoms with Crippen LogP contribution in [0.25, 0.3) is 0 Å². The molecule has 2 heterocycles. The Morgan fingerprint density at radius 3 is 2.80 bits per heavy atom. The Hall–Kier alpha value is -1.34. The predicted molar refractivity (Wildman–Crippen MR) is 72.4 cm³/mol. The Balaban J connectivity index is 1.71. The van der Waals surface area contributed by atoms with Gasteiger partial charge in [-0.05, 0) is 19.4 Å². The van der Waals surface area contributed by atoms with Crippen LogP contribution in [-0.2, 0) is 4.79 Å². The number of carboxylic acids is 1. The van der Waals surface area contributed by atoms with E-state index in [1.54, 1.807) is 4.90 Å². The molecule has 0 aromatic rings. The number of aliphatic hydroxyl groups is 1. The summed E-state index contributed by atoms with van der Waals surface area (Å²) in [5.74, 6) is -1.25.